The molecule has 1 aromatic heterocycles. The number of aryl methyl sites for hydroxylation is 1. The summed E-state index contributed by atoms with van der Waals surface area (Å²) in [5.74, 6) is -1.28. The zero-order valence-electron chi connectivity index (χ0n) is 16.0. The minimum atomic E-state index is -1.08. The van der Waals surface area contributed by atoms with Crippen molar-refractivity contribution in [1.29, 1.82) is 0 Å². The largest absolute Gasteiger partial charge is 0.478 e. The van der Waals surface area contributed by atoms with Crippen LogP contribution in [-0.2, 0) is 11.2 Å². The van der Waals surface area contributed by atoms with Crippen LogP contribution in [0, 0.1) is 13.8 Å². The molecule has 0 saturated heterocycles. The average molecular weight is 410 g/mol. The first kappa shape index (κ1) is 20.4. The van der Waals surface area contributed by atoms with Crippen molar-refractivity contribution in [3.63, 3.8) is 0 Å². The van der Waals surface area contributed by atoms with E-state index in [-0.39, 0.29) is 22.9 Å². The topological polar surface area (TPSA) is 83.7 Å². The zero-order valence-corrected chi connectivity index (χ0v) is 16.8. The Balaban J connectivity index is 1.77. The second kappa shape index (κ2) is 8.75. The van der Waals surface area contributed by atoms with Crippen LogP contribution in [0.25, 0.3) is 5.69 Å². The Hall–Kier alpha value is -3.38. The summed E-state index contributed by atoms with van der Waals surface area (Å²) in [6, 6.07) is 16.2. The van der Waals surface area contributed by atoms with E-state index in [0.29, 0.717) is 5.69 Å². The molecule has 1 amide bonds. The molecule has 0 bridgehead atoms. The highest BCUT2D eigenvalue weighted by atomic mass is 35.5. The maximum Gasteiger partial charge on any atom is 0.337 e. The van der Waals surface area contributed by atoms with Crippen LogP contribution in [0.3, 0.4) is 0 Å². The van der Waals surface area contributed by atoms with E-state index in [9.17, 15) is 14.7 Å². The molecule has 0 atom stereocenters. The van der Waals surface area contributed by atoms with Crippen LogP contribution in [0.2, 0.25) is 5.02 Å². The van der Waals surface area contributed by atoms with Gasteiger partial charge in [-0.05, 0) is 43.7 Å². The molecule has 2 N–H and O–H groups in total. The molecule has 0 fully saturated rings. The number of carboxylic acid groups (broad SMARTS) is 1. The summed E-state index contributed by atoms with van der Waals surface area (Å²) in [6.45, 7) is 3.81. The summed E-state index contributed by atoms with van der Waals surface area (Å²) in [5, 5.41) is 13.5. The molecule has 7 heteroatoms. The van der Waals surface area contributed by atoms with Crippen molar-refractivity contribution in [2.75, 3.05) is 0 Å². The molecule has 1 heterocycles. The van der Waals surface area contributed by atoms with Gasteiger partial charge in [-0.3, -0.25) is 4.79 Å². The van der Waals surface area contributed by atoms with Gasteiger partial charge in [0.05, 0.1) is 23.2 Å². The third-order valence-electron chi connectivity index (χ3n) is 4.51. The Kier molecular flexibility index (Phi) is 6.14. The fourth-order valence-electron chi connectivity index (χ4n) is 3.13. The average Bonchev–Trinajstić information content (AvgIpc) is 2.96. The van der Waals surface area contributed by atoms with Gasteiger partial charge in [0.2, 0.25) is 5.91 Å². The summed E-state index contributed by atoms with van der Waals surface area (Å²) in [5.41, 5.74) is 6.75. The number of carboxylic acids is 1. The molecule has 0 radical (unpaired) electrons. The number of aromatic nitrogens is 1. The highest BCUT2D eigenvalue weighted by Gasteiger charge is 2.14. The number of nitrogens with zero attached hydrogens (tertiary/aromatic N) is 2. The van der Waals surface area contributed by atoms with E-state index in [1.807, 2.05) is 54.8 Å². The van der Waals surface area contributed by atoms with Crippen LogP contribution in [0.5, 0.6) is 0 Å². The third-order valence-corrected chi connectivity index (χ3v) is 4.84. The van der Waals surface area contributed by atoms with Gasteiger partial charge in [0.1, 0.15) is 0 Å². The van der Waals surface area contributed by atoms with Gasteiger partial charge < -0.3 is 9.67 Å². The summed E-state index contributed by atoms with van der Waals surface area (Å²) < 4.78 is 1.91. The molecule has 3 rings (SSSR count). The number of carbonyl (C=O) groups excluding carboxylic acids is 1. The van der Waals surface area contributed by atoms with E-state index in [1.54, 1.807) is 18.3 Å². The van der Waals surface area contributed by atoms with Crippen molar-refractivity contribution in [1.82, 2.24) is 9.99 Å². The molecular weight excluding hydrogens is 390 g/mol. The molecule has 0 unspecified atom stereocenters. The number of halogens is 1. The number of hydrogen-bond donors (Lipinski definition) is 2. The van der Waals surface area contributed by atoms with Gasteiger partial charge in [-0.1, -0.05) is 41.9 Å². The summed E-state index contributed by atoms with van der Waals surface area (Å²) in [6.07, 6.45) is 1.83. The van der Waals surface area contributed by atoms with Crippen molar-refractivity contribution < 1.29 is 14.7 Å². The van der Waals surface area contributed by atoms with Crippen molar-refractivity contribution in [3.05, 3.63) is 87.7 Å². The van der Waals surface area contributed by atoms with Crippen molar-refractivity contribution in [3.8, 4) is 5.69 Å². The van der Waals surface area contributed by atoms with Gasteiger partial charge in [-0.15, -0.1) is 0 Å². The molecular formula is C22H20ClN3O3. The van der Waals surface area contributed by atoms with E-state index < -0.39 is 5.97 Å². The molecule has 29 heavy (non-hydrogen) atoms. The Morgan fingerprint density at radius 1 is 1.14 bits per heavy atom. The van der Waals surface area contributed by atoms with Gasteiger partial charge in [0.25, 0.3) is 0 Å². The molecule has 148 valence electrons. The third kappa shape index (κ3) is 4.73. The minimum Gasteiger partial charge on any atom is -0.478 e. The van der Waals surface area contributed by atoms with Crippen LogP contribution < -0.4 is 5.43 Å². The fourth-order valence-corrected chi connectivity index (χ4v) is 3.32. The lowest BCUT2D eigenvalue weighted by Crippen LogP contribution is -2.19. The number of hydrogen-bond acceptors (Lipinski definition) is 3. The number of carbonyl (C=O) groups is 2. The molecule has 6 nitrogen and oxygen atoms in total. The first-order valence-electron chi connectivity index (χ1n) is 8.95. The lowest BCUT2D eigenvalue weighted by Gasteiger charge is -2.11. The highest BCUT2D eigenvalue weighted by Crippen LogP contribution is 2.24. The van der Waals surface area contributed by atoms with E-state index in [2.05, 4.69) is 10.5 Å². The second-order valence-electron chi connectivity index (χ2n) is 6.59. The van der Waals surface area contributed by atoms with Crippen LogP contribution in [0.15, 0.2) is 59.7 Å². The quantitative estimate of drug-likeness (QED) is 0.474. The second-order valence-corrected chi connectivity index (χ2v) is 6.99. The van der Waals surface area contributed by atoms with Gasteiger partial charge >= 0.3 is 5.97 Å². The SMILES string of the molecule is Cc1cc(/C=N/NC(=O)Cc2ccccc2)c(C)n1-c1ccc(Cl)c(C(=O)O)c1. The van der Waals surface area contributed by atoms with Gasteiger partial charge in [-0.25, -0.2) is 10.2 Å². The fraction of sp³-hybridized carbons (Fsp3) is 0.136. The molecule has 0 spiro atoms. The standard InChI is InChI=1S/C22H20ClN3O3/c1-14-10-17(13-24-25-21(27)11-16-6-4-3-5-7-16)15(2)26(14)18-8-9-20(23)19(12-18)22(28)29/h3-10,12-13H,11H2,1-2H3,(H,25,27)(H,28,29)/b24-13+. The molecule has 0 aliphatic rings. The van der Waals surface area contributed by atoms with Gasteiger partial charge in [-0.2, -0.15) is 5.10 Å². The highest BCUT2D eigenvalue weighted by molar-refractivity contribution is 6.33. The maximum atomic E-state index is 12.0. The number of hydrazone groups is 1. The molecule has 2 aromatic carbocycles. The smallest absolute Gasteiger partial charge is 0.337 e. The Morgan fingerprint density at radius 2 is 1.86 bits per heavy atom. The van der Waals surface area contributed by atoms with E-state index >= 15 is 0 Å². The Labute approximate surface area is 173 Å². The number of nitrogens with one attached hydrogen (secondary N) is 1. The normalized spacial score (nSPS) is 11.0. The van der Waals surface area contributed by atoms with E-state index in [4.69, 9.17) is 11.6 Å². The molecule has 0 saturated carbocycles. The zero-order chi connectivity index (χ0) is 21.0. The Morgan fingerprint density at radius 3 is 2.55 bits per heavy atom. The lowest BCUT2D eigenvalue weighted by atomic mass is 10.1. The lowest BCUT2D eigenvalue weighted by molar-refractivity contribution is -0.120. The summed E-state index contributed by atoms with van der Waals surface area (Å²) >= 11 is 5.97. The van der Waals surface area contributed by atoms with Crippen molar-refractivity contribution >= 4 is 29.7 Å². The molecule has 0 aliphatic carbocycles. The van der Waals surface area contributed by atoms with Gasteiger partial charge in [0.15, 0.2) is 0 Å². The number of amides is 1. The maximum absolute atomic E-state index is 12.0. The van der Waals surface area contributed by atoms with Crippen molar-refractivity contribution in [2.45, 2.75) is 20.3 Å². The van der Waals surface area contributed by atoms with Crippen LogP contribution in [0.4, 0.5) is 0 Å². The first-order valence-corrected chi connectivity index (χ1v) is 9.32. The number of benzene rings is 2. The van der Waals surface area contributed by atoms with E-state index in [0.717, 1.165) is 22.5 Å². The first-order chi connectivity index (χ1) is 13.9. The Bertz CT molecular complexity index is 1090. The molecule has 0 aliphatic heterocycles. The molecule has 3 aromatic rings. The van der Waals surface area contributed by atoms with Crippen LogP contribution in [0.1, 0.15) is 32.9 Å². The monoisotopic (exact) mass is 409 g/mol. The minimum absolute atomic E-state index is 0.0417. The number of rotatable bonds is 6. The summed E-state index contributed by atoms with van der Waals surface area (Å²) in [7, 11) is 0. The van der Waals surface area contributed by atoms with Gasteiger partial charge in [0, 0.05) is 22.6 Å². The van der Waals surface area contributed by atoms with E-state index in [1.165, 1.54) is 6.07 Å². The number of aromatic carboxylic acids is 1. The summed E-state index contributed by atoms with van der Waals surface area (Å²) in [4.78, 5) is 23.4. The predicted molar refractivity (Wildman–Crippen MR) is 113 cm³/mol. The predicted octanol–water partition coefficient (Wildman–Crippen LogP) is 4.14. The van der Waals surface area contributed by atoms with Crippen molar-refractivity contribution in [2.24, 2.45) is 5.10 Å². The van der Waals surface area contributed by atoms with Crippen LogP contribution >= 0.6 is 11.6 Å². The van der Waals surface area contributed by atoms with Crippen LogP contribution in [-0.4, -0.2) is 27.8 Å².